The quantitative estimate of drug-likeness (QED) is 0.687. The molecule has 5 atom stereocenters. The van der Waals surface area contributed by atoms with Crippen molar-refractivity contribution in [2.75, 3.05) is 13.2 Å². The van der Waals surface area contributed by atoms with Crippen molar-refractivity contribution < 1.29 is 32.6 Å². The normalized spacial score (nSPS) is 33.8. The van der Waals surface area contributed by atoms with Gasteiger partial charge in [-0.3, -0.25) is 23.4 Å². The van der Waals surface area contributed by atoms with Gasteiger partial charge in [-0.25, -0.2) is 14.2 Å². The van der Waals surface area contributed by atoms with E-state index in [-0.39, 0.29) is 19.8 Å². The van der Waals surface area contributed by atoms with E-state index >= 15 is 0 Å². The van der Waals surface area contributed by atoms with Crippen LogP contribution < -0.4 is 11.2 Å². The Bertz CT molecular complexity index is 1190. The van der Waals surface area contributed by atoms with Gasteiger partial charge in [0.2, 0.25) is 0 Å². The Morgan fingerprint density at radius 3 is 2.84 bits per heavy atom. The minimum Gasteiger partial charge on any atom is -0.452 e. The van der Waals surface area contributed by atoms with Gasteiger partial charge in [-0.05, 0) is 12.5 Å². The maximum atomic E-state index is 13.1. The van der Waals surface area contributed by atoms with Gasteiger partial charge in [-0.1, -0.05) is 30.3 Å². The maximum Gasteiger partial charge on any atom is 0.438 e. The van der Waals surface area contributed by atoms with Crippen molar-refractivity contribution >= 4 is 13.3 Å². The summed E-state index contributed by atoms with van der Waals surface area (Å²) in [6.07, 6.45) is -1.34. The molecule has 3 aliphatic rings. The van der Waals surface area contributed by atoms with Gasteiger partial charge in [0.15, 0.2) is 6.23 Å². The third kappa shape index (κ3) is 3.29. The summed E-state index contributed by atoms with van der Waals surface area (Å²) in [6.45, 7) is 1.30. The summed E-state index contributed by atoms with van der Waals surface area (Å²) in [7, 11) is -4.27. The molecule has 3 aliphatic heterocycles. The predicted molar refractivity (Wildman–Crippen MR) is 104 cm³/mol. The van der Waals surface area contributed by atoms with Crippen LogP contribution in [0.25, 0.3) is 0 Å². The van der Waals surface area contributed by atoms with Gasteiger partial charge in [-0.15, -0.1) is 0 Å². The first-order chi connectivity index (χ1) is 14.8. The van der Waals surface area contributed by atoms with Gasteiger partial charge in [0, 0.05) is 11.8 Å². The molecule has 2 bridgehead atoms. The first-order valence-electron chi connectivity index (χ1n) is 9.57. The van der Waals surface area contributed by atoms with Crippen LogP contribution >= 0.6 is 7.60 Å². The molecular formula is C19H19N2O9P. The number of H-pyrrole nitrogens is 1. The molecule has 4 heterocycles. The van der Waals surface area contributed by atoms with E-state index in [1.165, 1.54) is 10.8 Å². The summed E-state index contributed by atoms with van der Waals surface area (Å²) >= 11 is 0. The van der Waals surface area contributed by atoms with E-state index in [1.807, 2.05) is 6.07 Å². The van der Waals surface area contributed by atoms with Gasteiger partial charge >= 0.3 is 19.0 Å². The lowest BCUT2D eigenvalue weighted by atomic mass is 10.0. The molecular weight excluding hydrogens is 431 g/mol. The van der Waals surface area contributed by atoms with Gasteiger partial charge in [0.05, 0.1) is 13.2 Å². The van der Waals surface area contributed by atoms with Crippen molar-refractivity contribution in [3.05, 3.63) is 68.5 Å². The average Bonchev–Trinajstić information content (AvgIpc) is 3.27. The lowest BCUT2D eigenvalue weighted by Crippen LogP contribution is -2.49. The number of nitrogens with one attached hydrogen (secondary N) is 1. The minimum absolute atomic E-state index is 0.0784. The Labute approximate surface area is 175 Å². The Morgan fingerprint density at radius 2 is 2.06 bits per heavy atom. The zero-order valence-corrected chi connectivity index (χ0v) is 17.3. The second kappa shape index (κ2) is 7.25. The smallest absolute Gasteiger partial charge is 0.438 e. The molecule has 0 saturated carbocycles. The first kappa shape index (κ1) is 20.3. The highest BCUT2D eigenvalue weighted by Gasteiger charge is 2.69. The van der Waals surface area contributed by atoms with Crippen LogP contribution in [0.2, 0.25) is 0 Å². The fraction of sp³-hybridized carbons (Fsp3) is 0.421. The van der Waals surface area contributed by atoms with E-state index in [9.17, 15) is 18.9 Å². The van der Waals surface area contributed by atoms with Gasteiger partial charge in [0.1, 0.15) is 24.4 Å². The number of hydrogen-bond donors (Lipinski definition) is 1. The molecule has 0 spiro atoms. The number of rotatable bonds is 4. The van der Waals surface area contributed by atoms with Crippen molar-refractivity contribution in [2.24, 2.45) is 0 Å². The summed E-state index contributed by atoms with van der Waals surface area (Å²) in [6, 6.07) is 8.91. The van der Waals surface area contributed by atoms with Crippen LogP contribution in [0.4, 0.5) is 4.79 Å². The zero-order chi connectivity index (χ0) is 21.8. The second-order valence-electron chi connectivity index (χ2n) is 7.66. The van der Waals surface area contributed by atoms with Crippen molar-refractivity contribution in [1.82, 2.24) is 9.55 Å². The third-order valence-electron chi connectivity index (χ3n) is 5.55. The van der Waals surface area contributed by atoms with Gasteiger partial charge in [-0.2, -0.15) is 0 Å². The van der Waals surface area contributed by atoms with Crippen molar-refractivity contribution in [3.63, 3.8) is 0 Å². The molecule has 2 aromatic rings. The molecule has 0 aliphatic carbocycles. The number of aromatic amines is 1. The van der Waals surface area contributed by atoms with Gasteiger partial charge < -0.3 is 14.2 Å². The van der Waals surface area contributed by atoms with Crippen LogP contribution in [-0.2, 0) is 34.4 Å². The largest absolute Gasteiger partial charge is 0.452 e. The monoisotopic (exact) mass is 450 g/mol. The number of aromatic nitrogens is 2. The van der Waals surface area contributed by atoms with Crippen molar-refractivity contribution in [1.29, 1.82) is 0 Å². The highest BCUT2D eigenvalue weighted by Crippen LogP contribution is 2.62. The van der Waals surface area contributed by atoms with E-state index in [4.69, 9.17) is 23.3 Å². The average molecular weight is 450 g/mol. The molecule has 12 heteroatoms. The summed E-state index contributed by atoms with van der Waals surface area (Å²) in [5, 5.41) is 0. The number of benzene rings is 1. The van der Waals surface area contributed by atoms with Crippen molar-refractivity contribution in [2.45, 2.75) is 37.6 Å². The Hall–Kier alpha value is -2.56. The number of hydrogen-bond acceptors (Lipinski definition) is 9. The maximum absolute atomic E-state index is 13.1. The summed E-state index contributed by atoms with van der Waals surface area (Å²) in [5.74, 6) is 0. The molecule has 1 aromatic carbocycles. The number of ether oxygens (including phenoxy) is 3. The molecule has 0 radical (unpaired) electrons. The Morgan fingerprint density at radius 1 is 1.29 bits per heavy atom. The lowest BCUT2D eigenvalue weighted by molar-refractivity contribution is -0.189. The van der Waals surface area contributed by atoms with Crippen LogP contribution in [-0.4, -0.2) is 46.3 Å². The number of carbonyl (C=O) groups excluding carboxylic acids is 1. The van der Waals surface area contributed by atoms with Crippen LogP contribution in [0.1, 0.15) is 17.4 Å². The molecule has 1 aromatic heterocycles. The van der Waals surface area contributed by atoms with E-state index in [1.54, 1.807) is 31.2 Å². The standard InChI is InChI=1S/C19H19N2O9P/c1-11-7-21(17(23)20-15(11)22)16-13-14-19(29-16,9-27-13)10-28-31(25,30-14)18(24)26-8-12-5-3-2-4-6-12/h2-7,13-14,16H,8-10H2,1H3,(H,20,22,23)/t13-,14+,16-,19-,31?/m1/s1. The number of aryl methyl sites for hydroxylation is 1. The molecule has 11 nitrogen and oxygen atoms in total. The molecule has 5 rings (SSSR count). The Kier molecular flexibility index (Phi) is 4.76. The third-order valence-corrected chi connectivity index (χ3v) is 7.10. The van der Waals surface area contributed by atoms with Crippen LogP contribution in [0.3, 0.4) is 0 Å². The lowest BCUT2D eigenvalue weighted by Gasteiger charge is -2.36. The minimum atomic E-state index is -4.27. The van der Waals surface area contributed by atoms with Gasteiger partial charge in [0.25, 0.3) is 5.56 Å². The fourth-order valence-corrected chi connectivity index (χ4v) is 5.39. The van der Waals surface area contributed by atoms with Crippen LogP contribution in [0, 0.1) is 6.92 Å². The topological polar surface area (TPSA) is 135 Å². The van der Waals surface area contributed by atoms with Crippen LogP contribution in [0.5, 0.6) is 0 Å². The summed E-state index contributed by atoms with van der Waals surface area (Å²) in [4.78, 5) is 38.6. The van der Waals surface area contributed by atoms with Crippen molar-refractivity contribution in [3.8, 4) is 0 Å². The highest BCUT2D eigenvalue weighted by molar-refractivity contribution is 7.71. The van der Waals surface area contributed by atoms with Crippen LogP contribution in [0.15, 0.2) is 46.1 Å². The van der Waals surface area contributed by atoms with E-state index in [0.717, 1.165) is 5.56 Å². The highest BCUT2D eigenvalue weighted by atomic mass is 31.2. The fourth-order valence-electron chi connectivity index (χ4n) is 3.92. The summed E-state index contributed by atoms with van der Waals surface area (Å²) < 4.78 is 42.0. The SMILES string of the molecule is Cc1cn([C@@H]2O[C@@]34CO[C@@H]2[C@@H]3OP(=O)(C(=O)OCc2ccccc2)OC4)c(=O)[nH]c1=O. The van der Waals surface area contributed by atoms with E-state index < -0.39 is 48.6 Å². The molecule has 31 heavy (non-hydrogen) atoms. The molecule has 0 amide bonds. The molecule has 1 N–H and O–H groups in total. The number of nitrogens with zero attached hydrogens (tertiary/aromatic N) is 1. The molecule has 3 saturated heterocycles. The number of carbonyl (C=O) groups is 1. The van der Waals surface area contributed by atoms with E-state index in [0.29, 0.717) is 5.56 Å². The Balaban J connectivity index is 1.36. The molecule has 1 unspecified atom stereocenters. The first-order valence-corrected chi connectivity index (χ1v) is 11.1. The zero-order valence-electron chi connectivity index (χ0n) is 16.4. The predicted octanol–water partition coefficient (Wildman–Crippen LogP) is 1.46. The molecule has 164 valence electrons. The summed E-state index contributed by atoms with van der Waals surface area (Å²) in [5.41, 5.74) is -2.41. The van der Waals surface area contributed by atoms with E-state index in [2.05, 4.69) is 4.98 Å². The molecule has 3 fully saturated rings. The second-order valence-corrected chi connectivity index (χ2v) is 9.49.